The number of nitrogens with zero attached hydrogens (tertiary/aromatic N) is 3. The van der Waals surface area contributed by atoms with Gasteiger partial charge in [-0.15, -0.1) is 0 Å². The lowest BCUT2D eigenvalue weighted by Crippen LogP contribution is -2.52. The van der Waals surface area contributed by atoms with Gasteiger partial charge in [-0.05, 0) is 33.4 Å². The van der Waals surface area contributed by atoms with Crippen LogP contribution in [0.3, 0.4) is 0 Å². The predicted molar refractivity (Wildman–Crippen MR) is 80.5 cm³/mol. The van der Waals surface area contributed by atoms with Gasteiger partial charge in [0.15, 0.2) is 0 Å². The summed E-state index contributed by atoms with van der Waals surface area (Å²) in [6.07, 6.45) is 0. The van der Waals surface area contributed by atoms with Crippen molar-refractivity contribution in [1.29, 1.82) is 0 Å². The van der Waals surface area contributed by atoms with Crippen LogP contribution >= 0.6 is 0 Å². The van der Waals surface area contributed by atoms with E-state index in [1.54, 1.807) is 0 Å². The zero-order valence-corrected chi connectivity index (χ0v) is 12.6. The highest BCUT2D eigenvalue weighted by molar-refractivity contribution is 5.56. The number of piperazine rings is 1. The molecule has 1 atom stereocenters. The summed E-state index contributed by atoms with van der Waals surface area (Å²) >= 11 is 0. The second-order valence-corrected chi connectivity index (χ2v) is 5.47. The minimum absolute atomic E-state index is 0.566. The molecule has 1 unspecified atom stereocenters. The summed E-state index contributed by atoms with van der Waals surface area (Å²) in [5, 5.41) is 0. The summed E-state index contributed by atoms with van der Waals surface area (Å²) in [6, 6.07) is 2.78. The van der Waals surface area contributed by atoms with Crippen molar-refractivity contribution in [2.75, 3.05) is 31.1 Å². The molecule has 2 rings (SSSR count). The number of rotatable bonds is 3. The van der Waals surface area contributed by atoms with Gasteiger partial charge in [0.1, 0.15) is 0 Å². The lowest BCUT2D eigenvalue weighted by Gasteiger charge is -2.41. The summed E-state index contributed by atoms with van der Waals surface area (Å²) in [5.74, 6) is 0. The van der Waals surface area contributed by atoms with Crippen molar-refractivity contribution in [2.45, 2.75) is 40.3 Å². The van der Waals surface area contributed by atoms with Crippen molar-refractivity contribution >= 4 is 5.69 Å². The quantitative estimate of drug-likeness (QED) is 0.900. The molecule has 4 nitrogen and oxygen atoms in total. The van der Waals surface area contributed by atoms with E-state index in [4.69, 9.17) is 5.73 Å². The fourth-order valence-corrected chi connectivity index (χ4v) is 3.05. The number of hydrogen-bond acceptors (Lipinski definition) is 4. The molecule has 0 saturated carbocycles. The molecule has 2 N–H and O–H groups in total. The van der Waals surface area contributed by atoms with Gasteiger partial charge in [0.05, 0.1) is 0 Å². The Morgan fingerprint density at radius 2 is 2.11 bits per heavy atom. The molecule has 2 heterocycles. The van der Waals surface area contributed by atoms with Crippen LogP contribution in [-0.4, -0.2) is 42.1 Å². The minimum atomic E-state index is 0.566. The first kappa shape index (κ1) is 14.3. The Labute approximate surface area is 116 Å². The number of aromatic nitrogens is 1. The maximum atomic E-state index is 5.92. The smallest absolute Gasteiger partial charge is 0.0449 e. The molecule has 0 spiro atoms. The molecule has 19 heavy (non-hydrogen) atoms. The average molecular weight is 262 g/mol. The van der Waals surface area contributed by atoms with Gasteiger partial charge in [0.2, 0.25) is 0 Å². The molecule has 4 heteroatoms. The molecule has 0 bridgehead atoms. The van der Waals surface area contributed by atoms with Crippen LogP contribution < -0.4 is 10.6 Å². The van der Waals surface area contributed by atoms with Crippen molar-refractivity contribution < 1.29 is 0 Å². The Morgan fingerprint density at radius 3 is 2.68 bits per heavy atom. The number of hydrogen-bond donors (Lipinski definition) is 1. The van der Waals surface area contributed by atoms with E-state index >= 15 is 0 Å². The van der Waals surface area contributed by atoms with Crippen molar-refractivity contribution in [3.05, 3.63) is 23.0 Å². The van der Waals surface area contributed by atoms with E-state index in [9.17, 15) is 0 Å². The van der Waals surface area contributed by atoms with Gasteiger partial charge in [-0.2, -0.15) is 0 Å². The second-order valence-electron chi connectivity index (χ2n) is 5.47. The summed E-state index contributed by atoms with van der Waals surface area (Å²) in [5.41, 5.74) is 10.6. The van der Waals surface area contributed by atoms with Gasteiger partial charge in [-0.3, -0.25) is 9.88 Å². The normalized spacial score (nSPS) is 20.9. The molecule has 106 valence electrons. The molecule has 1 aromatic heterocycles. The lowest BCUT2D eigenvalue weighted by atomic mass is 10.1. The highest BCUT2D eigenvalue weighted by Gasteiger charge is 2.24. The highest BCUT2D eigenvalue weighted by atomic mass is 15.3. The van der Waals surface area contributed by atoms with E-state index in [2.05, 4.69) is 48.5 Å². The summed E-state index contributed by atoms with van der Waals surface area (Å²) in [4.78, 5) is 9.53. The number of nitrogens with two attached hydrogens (primary N) is 1. The monoisotopic (exact) mass is 262 g/mol. The molecule has 0 aliphatic carbocycles. The third-order valence-electron chi connectivity index (χ3n) is 4.15. The van der Waals surface area contributed by atoms with Crippen LogP contribution in [0, 0.1) is 13.8 Å². The van der Waals surface area contributed by atoms with Gasteiger partial charge < -0.3 is 10.6 Å². The van der Waals surface area contributed by atoms with Crippen LogP contribution in [0.25, 0.3) is 0 Å². The van der Waals surface area contributed by atoms with Crippen LogP contribution in [0.2, 0.25) is 0 Å². The van der Waals surface area contributed by atoms with Crippen molar-refractivity contribution in [3.63, 3.8) is 0 Å². The van der Waals surface area contributed by atoms with Crippen molar-refractivity contribution in [3.8, 4) is 0 Å². The SMILES string of the molecule is CCN1CCN(c2cc(C)nc(C)c2CN)CC1C. The Morgan fingerprint density at radius 1 is 1.37 bits per heavy atom. The van der Waals surface area contributed by atoms with Crippen LogP contribution in [-0.2, 0) is 6.54 Å². The number of anilines is 1. The topological polar surface area (TPSA) is 45.4 Å². The van der Waals surface area contributed by atoms with Gasteiger partial charge in [-0.1, -0.05) is 6.92 Å². The maximum Gasteiger partial charge on any atom is 0.0449 e. The largest absolute Gasteiger partial charge is 0.368 e. The van der Waals surface area contributed by atoms with E-state index in [0.717, 1.165) is 37.6 Å². The number of pyridine rings is 1. The minimum Gasteiger partial charge on any atom is -0.368 e. The third kappa shape index (κ3) is 2.90. The van der Waals surface area contributed by atoms with E-state index in [1.165, 1.54) is 11.3 Å². The van der Waals surface area contributed by atoms with E-state index in [-0.39, 0.29) is 0 Å². The van der Waals surface area contributed by atoms with Crippen molar-refractivity contribution in [1.82, 2.24) is 9.88 Å². The third-order valence-corrected chi connectivity index (χ3v) is 4.15. The first-order chi connectivity index (χ1) is 9.06. The molecule has 0 amide bonds. The van der Waals surface area contributed by atoms with Gasteiger partial charge >= 0.3 is 0 Å². The summed E-state index contributed by atoms with van der Waals surface area (Å²) in [7, 11) is 0. The first-order valence-electron chi connectivity index (χ1n) is 7.23. The van der Waals surface area contributed by atoms with E-state index in [0.29, 0.717) is 12.6 Å². The van der Waals surface area contributed by atoms with Gasteiger partial charge in [0, 0.05) is 54.9 Å². The fourth-order valence-electron chi connectivity index (χ4n) is 3.05. The van der Waals surface area contributed by atoms with Crippen LogP contribution in [0.15, 0.2) is 6.07 Å². The van der Waals surface area contributed by atoms with Gasteiger partial charge in [0.25, 0.3) is 0 Å². The Balaban J connectivity index is 2.27. The van der Waals surface area contributed by atoms with E-state index < -0.39 is 0 Å². The molecule has 1 fully saturated rings. The number of aryl methyl sites for hydroxylation is 2. The van der Waals surface area contributed by atoms with E-state index in [1.807, 2.05) is 0 Å². The molecule has 1 aliphatic heterocycles. The lowest BCUT2D eigenvalue weighted by molar-refractivity contribution is 0.199. The molecule has 0 radical (unpaired) electrons. The molecular weight excluding hydrogens is 236 g/mol. The Hall–Kier alpha value is -1.13. The van der Waals surface area contributed by atoms with Crippen molar-refractivity contribution in [2.24, 2.45) is 5.73 Å². The maximum absolute atomic E-state index is 5.92. The first-order valence-corrected chi connectivity index (χ1v) is 7.23. The average Bonchev–Trinajstić information content (AvgIpc) is 2.37. The van der Waals surface area contributed by atoms with Gasteiger partial charge in [-0.25, -0.2) is 0 Å². The Bertz CT molecular complexity index is 444. The molecule has 1 saturated heterocycles. The standard InChI is InChI=1S/C15H26N4/c1-5-18-6-7-19(10-12(18)3)15-8-11(2)17-13(4)14(15)9-16/h8,12H,5-7,9-10,16H2,1-4H3. The molecular formula is C15H26N4. The summed E-state index contributed by atoms with van der Waals surface area (Å²) in [6.45, 7) is 13.6. The van der Waals surface area contributed by atoms with Crippen LogP contribution in [0.5, 0.6) is 0 Å². The predicted octanol–water partition coefficient (Wildman–Crippen LogP) is 1.69. The number of likely N-dealkylation sites (N-methyl/N-ethyl adjacent to an activating group) is 1. The molecule has 0 aromatic carbocycles. The highest BCUT2D eigenvalue weighted by Crippen LogP contribution is 2.26. The Kier molecular flexibility index (Phi) is 4.42. The molecule has 1 aliphatic rings. The second kappa shape index (κ2) is 5.88. The fraction of sp³-hybridized carbons (Fsp3) is 0.667. The van der Waals surface area contributed by atoms with Crippen LogP contribution in [0.1, 0.15) is 30.8 Å². The van der Waals surface area contributed by atoms with Crippen LogP contribution in [0.4, 0.5) is 5.69 Å². The zero-order valence-electron chi connectivity index (χ0n) is 12.6. The zero-order chi connectivity index (χ0) is 14.0. The molecule has 1 aromatic rings. The summed E-state index contributed by atoms with van der Waals surface area (Å²) < 4.78 is 0.